The smallest absolute Gasteiger partial charge is 0.289 e. The number of aryl methyl sites for hydroxylation is 2. The number of halogens is 1. The molecule has 6 nitrogen and oxygen atoms in total. The molecule has 2 aromatic rings. The molecule has 0 unspecified atom stereocenters. The Morgan fingerprint density at radius 2 is 2.24 bits per heavy atom. The fraction of sp³-hybridized carbons (Fsp3) is 0.500. The number of hydrogen-bond donors (Lipinski definition) is 0. The molecule has 3 rings (SSSR count). The first-order valence-corrected chi connectivity index (χ1v) is 7.37. The lowest BCUT2D eigenvalue weighted by molar-refractivity contribution is 0.0639. The van der Waals surface area contributed by atoms with Gasteiger partial charge in [-0.3, -0.25) is 4.79 Å². The van der Waals surface area contributed by atoms with E-state index >= 15 is 0 Å². The number of aromatic nitrogens is 3. The topological polar surface area (TPSA) is 64.2 Å². The molecule has 1 atom stereocenters. The van der Waals surface area contributed by atoms with E-state index in [2.05, 4.69) is 10.1 Å². The predicted octanol–water partition coefficient (Wildman–Crippen LogP) is 2.62. The van der Waals surface area contributed by atoms with Crippen LogP contribution in [0.5, 0.6) is 0 Å². The van der Waals surface area contributed by atoms with Gasteiger partial charge in [0.25, 0.3) is 5.91 Å². The molecule has 0 N–H and O–H groups in total. The second-order valence-corrected chi connectivity index (χ2v) is 5.67. The summed E-state index contributed by atoms with van der Waals surface area (Å²) in [5, 5.41) is 4.66. The van der Waals surface area contributed by atoms with Gasteiger partial charge >= 0.3 is 0 Å². The van der Waals surface area contributed by atoms with Gasteiger partial charge in [0.15, 0.2) is 11.0 Å². The number of hydrogen-bond acceptors (Lipinski definition) is 4. The van der Waals surface area contributed by atoms with Crippen molar-refractivity contribution in [2.45, 2.75) is 32.7 Å². The summed E-state index contributed by atoms with van der Waals surface area (Å²) in [4.78, 5) is 18.5. The highest BCUT2D eigenvalue weighted by Gasteiger charge is 2.28. The van der Waals surface area contributed by atoms with Crippen LogP contribution in [0.25, 0.3) is 0 Å². The van der Waals surface area contributed by atoms with Gasteiger partial charge in [-0.15, -0.1) is 0 Å². The lowest BCUT2D eigenvalue weighted by Gasteiger charge is -2.32. The van der Waals surface area contributed by atoms with Crippen molar-refractivity contribution in [1.82, 2.24) is 19.7 Å². The summed E-state index contributed by atoms with van der Waals surface area (Å²) in [6.07, 6.45) is 1.93. The zero-order valence-corrected chi connectivity index (χ0v) is 12.8. The highest BCUT2D eigenvalue weighted by molar-refractivity contribution is 6.29. The monoisotopic (exact) mass is 308 g/mol. The van der Waals surface area contributed by atoms with E-state index in [0.717, 1.165) is 31.0 Å². The van der Waals surface area contributed by atoms with E-state index in [1.807, 2.05) is 18.5 Å². The molecule has 2 aromatic heterocycles. The third kappa shape index (κ3) is 2.81. The lowest BCUT2D eigenvalue weighted by Crippen LogP contribution is -2.41. The van der Waals surface area contributed by atoms with Crippen LogP contribution in [-0.4, -0.2) is 38.7 Å². The number of nitrogens with zero attached hydrogens (tertiary/aromatic N) is 4. The van der Waals surface area contributed by atoms with E-state index in [-0.39, 0.29) is 22.9 Å². The van der Waals surface area contributed by atoms with Gasteiger partial charge in [-0.05, 0) is 50.4 Å². The van der Waals surface area contributed by atoms with Gasteiger partial charge in [0.1, 0.15) is 11.6 Å². The molecule has 1 amide bonds. The molecular weight excluding hydrogens is 292 g/mol. The zero-order chi connectivity index (χ0) is 15.0. The van der Waals surface area contributed by atoms with E-state index < -0.39 is 0 Å². The third-order valence-corrected chi connectivity index (χ3v) is 3.92. The first-order valence-electron chi connectivity index (χ1n) is 6.99. The van der Waals surface area contributed by atoms with Crippen molar-refractivity contribution < 1.29 is 9.21 Å². The van der Waals surface area contributed by atoms with Crippen LogP contribution < -0.4 is 0 Å². The van der Waals surface area contributed by atoms with Gasteiger partial charge in [0, 0.05) is 13.1 Å². The van der Waals surface area contributed by atoms with Crippen molar-refractivity contribution in [3.05, 3.63) is 34.8 Å². The molecule has 3 heterocycles. The fourth-order valence-corrected chi connectivity index (χ4v) is 2.95. The molecule has 0 saturated carbocycles. The normalized spacial score (nSPS) is 19.0. The minimum atomic E-state index is -0.124. The molecule has 0 spiro atoms. The Kier molecular flexibility index (Phi) is 3.71. The Bertz CT molecular complexity index is 664. The molecule has 21 heavy (non-hydrogen) atoms. The summed E-state index contributed by atoms with van der Waals surface area (Å²) in [7, 11) is 0. The highest BCUT2D eigenvalue weighted by Crippen LogP contribution is 2.24. The van der Waals surface area contributed by atoms with Crippen LogP contribution in [0.2, 0.25) is 5.22 Å². The van der Waals surface area contributed by atoms with Crippen LogP contribution in [0.3, 0.4) is 0 Å². The average molecular weight is 309 g/mol. The van der Waals surface area contributed by atoms with Gasteiger partial charge < -0.3 is 9.32 Å². The largest absolute Gasteiger partial charge is 0.440 e. The summed E-state index contributed by atoms with van der Waals surface area (Å²) in [6, 6.07) is 3.36. The number of carbonyl (C=O) groups is 1. The second-order valence-electron chi connectivity index (χ2n) is 5.30. The highest BCUT2D eigenvalue weighted by atomic mass is 35.5. The van der Waals surface area contributed by atoms with Crippen LogP contribution >= 0.6 is 11.6 Å². The van der Waals surface area contributed by atoms with E-state index in [0.29, 0.717) is 6.54 Å². The van der Waals surface area contributed by atoms with Crippen molar-refractivity contribution >= 4 is 17.5 Å². The quantitative estimate of drug-likeness (QED) is 0.855. The number of rotatable bonds is 2. The summed E-state index contributed by atoms with van der Waals surface area (Å²) in [6.45, 7) is 5.15. The Labute approximate surface area is 127 Å². The van der Waals surface area contributed by atoms with Crippen LogP contribution in [0.1, 0.15) is 41.1 Å². The van der Waals surface area contributed by atoms with Crippen molar-refractivity contribution in [2.24, 2.45) is 0 Å². The number of amides is 1. The van der Waals surface area contributed by atoms with Crippen molar-refractivity contribution in [3.8, 4) is 0 Å². The molecule has 0 radical (unpaired) electrons. The summed E-state index contributed by atoms with van der Waals surface area (Å²) < 4.78 is 7.13. The number of furan rings is 1. The molecule has 1 aliphatic heterocycles. The summed E-state index contributed by atoms with van der Waals surface area (Å²) in [5.74, 6) is 1.80. The Morgan fingerprint density at radius 3 is 2.86 bits per heavy atom. The van der Waals surface area contributed by atoms with Crippen LogP contribution in [0.4, 0.5) is 0 Å². The lowest BCUT2D eigenvalue weighted by atomic mass is 10.1. The molecule has 1 aliphatic rings. The van der Waals surface area contributed by atoms with Gasteiger partial charge in [0.05, 0.1) is 6.04 Å². The number of piperidine rings is 1. The Morgan fingerprint density at radius 1 is 1.43 bits per heavy atom. The molecule has 1 saturated heterocycles. The molecule has 0 aromatic carbocycles. The predicted molar refractivity (Wildman–Crippen MR) is 77.4 cm³/mol. The maximum absolute atomic E-state index is 12.4. The first-order chi connectivity index (χ1) is 10.0. The first kappa shape index (κ1) is 14.1. The maximum atomic E-state index is 12.4. The molecule has 0 bridgehead atoms. The Hall–Kier alpha value is -1.82. The standard InChI is InChI=1S/C14H17ClN4O2/c1-9-16-10(2)19(17-9)11-4-3-7-18(8-11)14(20)12-5-6-13(15)21-12/h5-6,11H,3-4,7-8H2,1-2H3/t11-/m0/s1. The molecule has 7 heteroatoms. The van der Waals surface area contributed by atoms with Gasteiger partial charge in [0.2, 0.25) is 0 Å². The zero-order valence-electron chi connectivity index (χ0n) is 12.0. The van der Waals surface area contributed by atoms with Crippen molar-refractivity contribution in [2.75, 3.05) is 13.1 Å². The minimum absolute atomic E-state index is 0.124. The number of carbonyl (C=O) groups excluding carboxylic acids is 1. The van der Waals surface area contributed by atoms with Gasteiger partial charge in [-0.25, -0.2) is 9.67 Å². The van der Waals surface area contributed by atoms with E-state index in [1.165, 1.54) is 0 Å². The maximum Gasteiger partial charge on any atom is 0.289 e. The average Bonchev–Trinajstić information content (AvgIpc) is 3.04. The second kappa shape index (κ2) is 5.52. The van der Waals surface area contributed by atoms with Gasteiger partial charge in [-0.1, -0.05) is 0 Å². The van der Waals surface area contributed by atoms with Crippen LogP contribution in [-0.2, 0) is 0 Å². The minimum Gasteiger partial charge on any atom is -0.440 e. The van der Waals surface area contributed by atoms with Gasteiger partial charge in [-0.2, -0.15) is 5.10 Å². The van der Waals surface area contributed by atoms with E-state index in [4.69, 9.17) is 16.0 Å². The van der Waals surface area contributed by atoms with Crippen molar-refractivity contribution in [1.29, 1.82) is 0 Å². The summed E-state index contributed by atoms with van der Waals surface area (Å²) >= 11 is 5.73. The van der Waals surface area contributed by atoms with Crippen LogP contribution in [0, 0.1) is 13.8 Å². The fourth-order valence-electron chi connectivity index (χ4n) is 2.81. The third-order valence-electron chi connectivity index (χ3n) is 3.72. The van der Waals surface area contributed by atoms with E-state index in [9.17, 15) is 4.79 Å². The van der Waals surface area contributed by atoms with Crippen molar-refractivity contribution in [3.63, 3.8) is 0 Å². The van der Waals surface area contributed by atoms with Crippen LogP contribution in [0.15, 0.2) is 16.5 Å². The molecular formula is C14H17ClN4O2. The SMILES string of the molecule is Cc1nc(C)n([C@H]2CCCN(C(=O)c3ccc(Cl)o3)C2)n1. The molecule has 0 aliphatic carbocycles. The molecule has 112 valence electrons. The van der Waals surface area contributed by atoms with E-state index in [1.54, 1.807) is 17.0 Å². The molecule has 1 fully saturated rings. The summed E-state index contributed by atoms with van der Waals surface area (Å²) in [5.41, 5.74) is 0. The number of likely N-dealkylation sites (tertiary alicyclic amines) is 1. The Balaban J connectivity index is 1.77.